The van der Waals surface area contributed by atoms with Crippen molar-refractivity contribution in [3.8, 4) is 0 Å². The molecule has 0 amide bonds. The summed E-state index contributed by atoms with van der Waals surface area (Å²) in [5, 5.41) is 10.3. The van der Waals surface area contributed by atoms with E-state index in [4.69, 9.17) is 16.3 Å². The molecule has 0 fully saturated rings. The van der Waals surface area contributed by atoms with E-state index in [0.717, 1.165) is 16.1 Å². The van der Waals surface area contributed by atoms with Crippen molar-refractivity contribution in [2.24, 2.45) is 0 Å². The van der Waals surface area contributed by atoms with Crippen LogP contribution in [0.4, 0.5) is 0 Å². The smallest absolute Gasteiger partial charge is 0.0813 e. The predicted octanol–water partition coefficient (Wildman–Crippen LogP) is 2.20. The first-order valence-corrected chi connectivity index (χ1v) is 4.93. The molecule has 14 heavy (non-hydrogen) atoms. The van der Waals surface area contributed by atoms with E-state index in [9.17, 15) is 5.11 Å². The molecule has 1 rings (SSSR count). The van der Waals surface area contributed by atoms with Crippen molar-refractivity contribution in [1.29, 1.82) is 0 Å². The van der Waals surface area contributed by atoms with E-state index in [1.54, 1.807) is 7.11 Å². The lowest BCUT2D eigenvalue weighted by Gasteiger charge is -2.10. The van der Waals surface area contributed by atoms with Crippen LogP contribution in [-0.4, -0.2) is 24.9 Å². The fourth-order valence-corrected chi connectivity index (χ4v) is 1.47. The summed E-state index contributed by atoms with van der Waals surface area (Å²) < 4.78 is 4.85. The summed E-state index contributed by atoms with van der Waals surface area (Å²) in [5.41, 5.74) is 2.12. The highest BCUT2D eigenvalue weighted by atomic mass is 35.5. The average molecular weight is 215 g/mol. The zero-order valence-electron chi connectivity index (χ0n) is 8.46. The number of rotatable bonds is 4. The molecule has 2 nitrogen and oxygen atoms in total. The summed E-state index contributed by atoms with van der Waals surface area (Å²) in [5.74, 6) is 0. The van der Waals surface area contributed by atoms with Gasteiger partial charge in [0.15, 0.2) is 0 Å². The first-order chi connectivity index (χ1) is 6.63. The molecule has 0 spiro atoms. The van der Waals surface area contributed by atoms with Gasteiger partial charge in [0, 0.05) is 18.6 Å². The second-order valence-corrected chi connectivity index (χ2v) is 3.80. The SMILES string of the molecule is COCC(O)Cc1ccc(Cl)c(C)c1. The minimum Gasteiger partial charge on any atom is -0.390 e. The third kappa shape index (κ3) is 3.29. The number of ether oxygens (including phenoxy) is 1. The van der Waals surface area contributed by atoms with E-state index in [0.29, 0.717) is 13.0 Å². The van der Waals surface area contributed by atoms with Crippen molar-refractivity contribution in [3.63, 3.8) is 0 Å². The maximum absolute atomic E-state index is 9.50. The van der Waals surface area contributed by atoms with E-state index in [2.05, 4.69) is 0 Å². The van der Waals surface area contributed by atoms with Crippen LogP contribution in [0.15, 0.2) is 18.2 Å². The average Bonchev–Trinajstić information content (AvgIpc) is 2.12. The Morgan fingerprint density at radius 1 is 1.50 bits per heavy atom. The third-order valence-corrected chi connectivity index (χ3v) is 2.48. The topological polar surface area (TPSA) is 29.5 Å². The number of hydrogen-bond acceptors (Lipinski definition) is 2. The van der Waals surface area contributed by atoms with Crippen molar-refractivity contribution in [2.75, 3.05) is 13.7 Å². The first-order valence-electron chi connectivity index (χ1n) is 4.55. The highest BCUT2D eigenvalue weighted by molar-refractivity contribution is 6.31. The zero-order chi connectivity index (χ0) is 10.6. The lowest BCUT2D eigenvalue weighted by Crippen LogP contribution is -2.16. The van der Waals surface area contributed by atoms with E-state index in [-0.39, 0.29) is 0 Å². The second kappa shape index (κ2) is 5.35. The largest absolute Gasteiger partial charge is 0.390 e. The van der Waals surface area contributed by atoms with Crippen LogP contribution in [0.1, 0.15) is 11.1 Å². The van der Waals surface area contributed by atoms with Gasteiger partial charge in [0.1, 0.15) is 0 Å². The molecular weight excluding hydrogens is 200 g/mol. The zero-order valence-corrected chi connectivity index (χ0v) is 9.21. The van der Waals surface area contributed by atoms with Gasteiger partial charge in [-0.05, 0) is 24.1 Å². The normalized spacial score (nSPS) is 12.9. The van der Waals surface area contributed by atoms with Crippen LogP contribution in [0, 0.1) is 6.92 Å². The van der Waals surface area contributed by atoms with E-state index in [1.807, 2.05) is 25.1 Å². The van der Waals surface area contributed by atoms with Gasteiger partial charge in [-0.25, -0.2) is 0 Å². The van der Waals surface area contributed by atoms with Crippen molar-refractivity contribution in [2.45, 2.75) is 19.4 Å². The summed E-state index contributed by atoms with van der Waals surface area (Å²) >= 11 is 5.89. The Morgan fingerprint density at radius 3 is 2.79 bits per heavy atom. The van der Waals surface area contributed by atoms with Crippen LogP contribution >= 0.6 is 11.6 Å². The quantitative estimate of drug-likeness (QED) is 0.833. The molecule has 0 aromatic heterocycles. The molecule has 1 N–H and O–H groups in total. The third-order valence-electron chi connectivity index (χ3n) is 2.05. The Kier molecular flexibility index (Phi) is 4.39. The highest BCUT2D eigenvalue weighted by Gasteiger charge is 2.05. The fourth-order valence-electron chi connectivity index (χ4n) is 1.36. The van der Waals surface area contributed by atoms with Gasteiger partial charge in [0.2, 0.25) is 0 Å². The molecule has 1 aromatic carbocycles. The molecule has 0 aliphatic rings. The number of aryl methyl sites for hydroxylation is 1. The van der Waals surface area contributed by atoms with Crippen molar-refractivity contribution in [3.05, 3.63) is 34.3 Å². The number of halogens is 1. The van der Waals surface area contributed by atoms with Crippen LogP contribution in [-0.2, 0) is 11.2 Å². The number of aliphatic hydroxyl groups is 1. The summed E-state index contributed by atoms with van der Waals surface area (Å²) in [7, 11) is 1.58. The molecule has 3 heteroatoms. The summed E-state index contributed by atoms with van der Waals surface area (Å²) in [6.45, 7) is 2.32. The molecule has 0 saturated carbocycles. The van der Waals surface area contributed by atoms with Gasteiger partial charge in [-0.15, -0.1) is 0 Å². The van der Waals surface area contributed by atoms with Gasteiger partial charge in [0.25, 0.3) is 0 Å². The molecular formula is C11H15ClO2. The Morgan fingerprint density at radius 2 is 2.21 bits per heavy atom. The fraction of sp³-hybridized carbons (Fsp3) is 0.455. The van der Waals surface area contributed by atoms with Crippen LogP contribution in [0.25, 0.3) is 0 Å². The minimum absolute atomic E-state index is 0.363. The lowest BCUT2D eigenvalue weighted by molar-refractivity contribution is 0.0650. The second-order valence-electron chi connectivity index (χ2n) is 3.40. The van der Waals surface area contributed by atoms with Gasteiger partial charge < -0.3 is 9.84 Å². The summed E-state index contributed by atoms with van der Waals surface area (Å²) in [6.07, 6.45) is 0.159. The predicted molar refractivity (Wildman–Crippen MR) is 57.8 cm³/mol. The van der Waals surface area contributed by atoms with Crippen molar-refractivity contribution in [1.82, 2.24) is 0 Å². The van der Waals surface area contributed by atoms with E-state index in [1.165, 1.54) is 0 Å². The van der Waals surface area contributed by atoms with Crippen molar-refractivity contribution >= 4 is 11.6 Å². The van der Waals surface area contributed by atoms with Crippen LogP contribution in [0.2, 0.25) is 5.02 Å². The van der Waals surface area contributed by atoms with Crippen LogP contribution in [0.5, 0.6) is 0 Å². The molecule has 0 aliphatic carbocycles. The Labute approximate surface area is 89.5 Å². The van der Waals surface area contributed by atoms with Crippen molar-refractivity contribution < 1.29 is 9.84 Å². The Hall–Kier alpha value is -0.570. The Balaban J connectivity index is 2.63. The van der Waals surface area contributed by atoms with Gasteiger partial charge in [-0.1, -0.05) is 23.7 Å². The molecule has 0 heterocycles. The molecule has 0 saturated heterocycles. The minimum atomic E-state index is -0.444. The maximum Gasteiger partial charge on any atom is 0.0813 e. The lowest BCUT2D eigenvalue weighted by atomic mass is 10.1. The molecule has 0 bridgehead atoms. The van der Waals surface area contributed by atoms with Gasteiger partial charge in [0.05, 0.1) is 12.7 Å². The summed E-state index contributed by atoms with van der Waals surface area (Å²) in [4.78, 5) is 0. The van der Waals surface area contributed by atoms with Gasteiger partial charge in [-0.2, -0.15) is 0 Å². The maximum atomic E-state index is 9.50. The number of aliphatic hydroxyl groups excluding tert-OH is 1. The number of methoxy groups -OCH3 is 1. The van der Waals surface area contributed by atoms with E-state index >= 15 is 0 Å². The monoisotopic (exact) mass is 214 g/mol. The number of benzene rings is 1. The molecule has 1 unspecified atom stereocenters. The molecule has 0 aliphatic heterocycles. The van der Waals surface area contributed by atoms with Crippen LogP contribution < -0.4 is 0 Å². The summed E-state index contributed by atoms with van der Waals surface area (Å²) in [6, 6.07) is 5.77. The van der Waals surface area contributed by atoms with E-state index < -0.39 is 6.10 Å². The standard InChI is InChI=1S/C11H15ClO2/c1-8-5-9(3-4-11(8)12)6-10(13)7-14-2/h3-5,10,13H,6-7H2,1-2H3. The molecule has 1 atom stereocenters. The Bertz CT molecular complexity index is 299. The van der Waals surface area contributed by atoms with Gasteiger partial charge in [-0.3, -0.25) is 0 Å². The molecule has 78 valence electrons. The first kappa shape index (κ1) is 11.5. The van der Waals surface area contributed by atoms with Gasteiger partial charge >= 0.3 is 0 Å². The molecule has 1 aromatic rings. The van der Waals surface area contributed by atoms with Crippen LogP contribution in [0.3, 0.4) is 0 Å². The molecule has 0 radical (unpaired) electrons. The number of hydrogen-bond donors (Lipinski definition) is 1. The highest BCUT2D eigenvalue weighted by Crippen LogP contribution is 2.17.